The SMILES string of the molecule is c1ccc(N2CCN=C2NC2CCNC2)cc1. The molecule has 2 aliphatic heterocycles. The summed E-state index contributed by atoms with van der Waals surface area (Å²) in [7, 11) is 0. The lowest BCUT2D eigenvalue weighted by Crippen LogP contribution is -2.44. The molecule has 0 spiro atoms. The molecule has 2 aliphatic rings. The summed E-state index contributed by atoms with van der Waals surface area (Å²) < 4.78 is 0. The Morgan fingerprint density at radius 1 is 1.29 bits per heavy atom. The van der Waals surface area contributed by atoms with Crippen LogP contribution in [0.4, 0.5) is 5.69 Å². The molecule has 3 rings (SSSR count). The van der Waals surface area contributed by atoms with Gasteiger partial charge >= 0.3 is 0 Å². The Bertz CT molecular complexity index is 395. The van der Waals surface area contributed by atoms with E-state index >= 15 is 0 Å². The van der Waals surface area contributed by atoms with Crippen LogP contribution >= 0.6 is 0 Å². The lowest BCUT2D eigenvalue weighted by Gasteiger charge is -2.23. The molecule has 90 valence electrons. The minimum absolute atomic E-state index is 0.526. The smallest absolute Gasteiger partial charge is 0.198 e. The lowest BCUT2D eigenvalue weighted by molar-refractivity contribution is 0.658. The molecule has 0 radical (unpaired) electrons. The highest BCUT2D eigenvalue weighted by atomic mass is 15.3. The second kappa shape index (κ2) is 4.75. The van der Waals surface area contributed by atoms with Crippen LogP contribution in [-0.4, -0.2) is 38.2 Å². The molecule has 1 atom stereocenters. The van der Waals surface area contributed by atoms with Gasteiger partial charge in [0.25, 0.3) is 0 Å². The fourth-order valence-corrected chi connectivity index (χ4v) is 2.39. The van der Waals surface area contributed by atoms with Crippen molar-refractivity contribution in [2.75, 3.05) is 31.1 Å². The standard InChI is InChI=1S/C13H18N4/c1-2-4-12(5-3-1)17-9-8-15-13(17)16-11-6-7-14-10-11/h1-5,11,14H,6-10H2,(H,15,16). The second-order valence-electron chi connectivity index (χ2n) is 4.53. The predicted octanol–water partition coefficient (Wildman–Crippen LogP) is 0.814. The van der Waals surface area contributed by atoms with E-state index in [1.54, 1.807) is 0 Å². The van der Waals surface area contributed by atoms with Crippen LogP contribution in [0.3, 0.4) is 0 Å². The zero-order valence-corrected chi connectivity index (χ0v) is 9.89. The molecule has 1 unspecified atom stereocenters. The van der Waals surface area contributed by atoms with Crippen LogP contribution in [0, 0.1) is 0 Å². The number of anilines is 1. The summed E-state index contributed by atoms with van der Waals surface area (Å²) in [6.45, 7) is 4.02. The van der Waals surface area contributed by atoms with Crippen LogP contribution in [0.25, 0.3) is 0 Å². The third-order valence-corrected chi connectivity index (χ3v) is 3.30. The van der Waals surface area contributed by atoms with E-state index in [4.69, 9.17) is 0 Å². The van der Waals surface area contributed by atoms with E-state index in [0.29, 0.717) is 6.04 Å². The molecule has 1 aromatic carbocycles. The molecule has 1 aromatic rings. The number of nitrogens with zero attached hydrogens (tertiary/aromatic N) is 2. The van der Waals surface area contributed by atoms with Gasteiger partial charge in [-0.15, -0.1) is 0 Å². The first-order valence-electron chi connectivity index (χ1n) is 6.28. The van der Waals surface area contributed by atoms with Crippen molar-refractivity contribution in [1.29, 1.82) is 0 Å². The van der Waals surface area contributed by atoms with Gasteiger partial charge in [0.2, 0.25) is 0 Å². The first-order chi connectivity index (χ1) is 8.43. The molecule has 0 bridgehead atoms. The largest absolute Gasteiger partial charge is 0.352 e. The Kier molecular flexibility index (Phi) is 2.96. The summed E-state index contributed by atoms with van der Waals surface area (Å²) in [6.07, 6.45) is 1.18. The van der Waals surface area contributed by atoms with Gasteiger partial charge in [0.05, 0.1) is 6.54 Å². The van der Waals surface area contributed by atoms with E-state index in [9.17, 15) is 0 Å². The first-order valence-corrected chi connectivity index (χ1v) is 6.28. The minimum atomic E-state index is 0.526. The van der Waals surface area contributed by atoms with Crippen LogP contribution in [0.2, 0.25) is 0 Å². The average Bonchev–Trinajstić information content (AvgIpc) is 3.02. The van der Waals surface area contributed by atoms with E-state index in [0.717, 1.165) is 32.1 Å². The molecule has 1 fully saturated rings. The van der Waals surface area contributed by atoms with Gasteiger partial charge in [-0.2, -0.15) is 0 Å². The van der Waals surface area contributed by atoms with Crippen molar-refractivity contribution in [2.45, 2.75) is 12.5 Å². The summed E-state index contributed by atoms with van der Waals surface area (Å²) >= 11 is 0. The normalized spacial score (nSPS) is 23.9. The van der Waals surface area contributed by atoms with Gasteiger partial charge in [0, 0.05) is 24.8 Å². The van der Waals surface area contributed by atoms with Crippen LogP contribution in [0.5, 0.6) is 0 Å². The summed E-state index contributed by atoms with van der Waals surface area (Å²) in [5.74, 6) is 1.03. The molecule has 0 aliphatic carbocycles. The molecule has 0 saturated carbocycles. The maximum atomic E-state index is 4.56. The van der Waals surface area contributed by atoms with Crippen molar-refractivity contribution in [1.82, 2.24) is 10.6 Å². The fourth-order valence-electron chi connectivity index (χ4n) is 2.39. The minimum Gasteiger partial charge on any atom is -0.352 e. The van der Waals surface area contributed by atoms with Gasteiger partial charge in [-0.3, -0.25) is 4.99 Å². The zero-order valence-electron chi connectivity index (χ0n) is 9.89. The topological polar surface area (TPSA) is 39.7 Å². The van der Waals surface area contributed by atoms with E-state index in [-0.39, 0.29) is 0 Å². The van der Waals surface area contributed by atoms with Crippen molar-refractivity contribution in [3.63, 3.8) is 0 Å². The molecular formula is C13H18N4. The van der Waals surface area contributed by atoms with Crippen LogP contribution in [0.1, 0.15) is 6.42 Å². The molecular weight excluding hydrogens is 212 g/mol. The van der Waals surface area contributed by atoms with Crippen LogP contribution in [-0.2, 0) is 0 Å². The Morgan fingerprint density at radius 3 is 2.94 bits per heavy atom. The van der Waals surface area contributed by atoms with Crippen molar-refractivity contribution in [3.8, 4) is 0 Å². The van der Waals surface area contributed by atoms with Crippen molar-refractivity contribution < 1.29 is 0 Å². The summed E-state index contributed by atoms with van der Waals surface area (Å²) in [5.41, 5.74) is 1.22. The van der Waals surface area contributed by atoms with E-state index in [2.05, 4.69) is 44.8 Å². The Hall–Kier alpha value is -1.55. The van der Waals surface area contributed by atoms with Gasteiger partial charge in [-0.05, 0) is 25.1 Å². The molecule has 4 heteroatoms. The van der Waals surface area contributed by atoms with Gasteiger partial charge in [-0.25, -0.2) is 0 Å². The number of hydrogen-bond acceptors (Lipinski definition) is 4. The fraction of sp³-hybridized carbons (Fsp3) is 0.462. The van der Waals surface area contributed by atoms with Crippen molar-refractivity contribution in [2.24, 2.45) is 4.99 Å². The predicted molar refractivity (Wildman–Crippen MR) is 70.5 cm³/mol. The number of guanidine groups is 1. The van der Waals surface area contributed by atoms with Crippen molar-refractivity contribution in [3.05, 3.63) is 30.3 Å². The Labute approximate surface area is 102 Å². The quantitative estimate of drug-likeness (QED) is 0.790. The molecule has 0 aromatic heterocycles. The summed E-state index contributed by atoms with van der Waals surface area (Å²) in [5, 5.41) is 6.90. The molecule has 2 heterocycles. The van der Waals surface area contributed by atoms with Gasteiger partial charge < -0.3 is 15.5 Å². The Morgan fingerprint density at radius 2 is 2.18 bits per heavy atom. The maximum absolute atomic E-state index is 4.56. The maximum Gasteiger partial charge on any atom is 0.198 e. The van der Waals surface area contributed by atoms with Crippen LogP contribution < -0.4 is 15.5 Å². The number of hydrogen-bond donors (Lipinski definition) is 2. The van der Waals surface area contributed by atoms with Gasteiger partial charge in [0.15, 0.2) is 5.96 Å². The zero-order chi connectivity index (χ0) is 11.5. The van der Waals surface area contributed by atoms with Crippen LogP contribution in [0.15, 0.2) is 35.3 Å². The Balaban J connectivity index is 1.71. The number of rotatable bonds is 2. The summed E-state index contributed by atoms with van der Waals surface area (Å²) in [4.78, 5) is 6.82. The number of nitrogens with one attached hydrogen (secondary N) is 2. The molecule has 1 saturated heterocycles. The highest BCUT2D eigenvalue weighted by Crippen LogP contribution is 2.16. The third kappa shape index (κ3) is 2.26. The number of aliphatic imine (C=N–C) groups is 1. The van der Waals surface area contributed by atoms with Crippen molar-refractivity contribution >= 4 is 11.6 Å². The molecule has 4 nitrogen and oxygen atoms in total. The third-order valence-electron chi connectivity index (χ3n) is 3.30. The number of benzene rings is 1. The lowest BCUT2D eigenvalue weighted by atomic mass is 10.2. The molecule has 0 amide bonds. The number of para-hydroxylation sites is 1. The monoisotopic (exact) mass is 230 g/mol. The molecule has 2 N–H and O–H groups in total. The highest BCUT2D eigenvalue weighted by molar-refractivity contribution is 5.97. The second-order valence-corrected chi connectivity index (χ2v) is 4.53. The van der Waals surface area contributed by atoms with Gasteiger partial charge in [-0.1, -0.05) is 18.2 Å². The highest BCUT2D eigenvalue weighted by Gasteiger charge is 2.22. The van der Waals surface area contributed by atoms with Gasteiger partial charge in [0.1, 0.15) is 0 Å². The van der Waals surface area contributed by atoms with E-state index in [1.165, 1.54) is 12.1 Å². The first kappa shape index (κ1) is 10.6. The van der Waals surface area contributed by atoms with E-state index in [1.807, 2.05) is 6.07 Å². The molecule has 17 heavy (non-hydrogen) atoms. The van der Waals surface area contributed by atoms with E-state index < -0.39 is 0 Å². The summed E-state index contributed by atoms with van der Waals surface area (Å²) in [6, 6.07) is 11.0. The average molecular weight is 230 g/mol.